The Morgan fingerprint density at radius 3 is 2.50 bits per heavy atom. The van der Waals surface area contributed by atoms with Crippen molar-refractivity contribution in [2.45, 2.75) is 26.7 Å². The minimum atomic E-state index is 0.304. The van der Waals surface area contributed by atoms with Crippen molar-refractivity contribution in [3.05, 3.63) is 24.0 Å². The van der Waals surface area contributed by atoms with E-state index >= 15 is 0 Å². The van der Waals surface area contributed by atoms with Gasteiger partial charge >= 0.3 is 0 Å². The van der Waals surface area contributed by atoms with Gasteiger partial charge in [-0.1, -0.05) is 20.8 Å². The number of aromatic nitrogens is 1. The lowest BCUT2D eigenvalue weighted by molar-refractivity contribution is 0.437. The SMILES string of the molecule is CC(C)C(C)c1ncccc1O. The zero-order chi connectivity index (χ0) is 9.14. The molecule has 0 radical (unpaired) electrons. The predicted molar refractivity (Wildman–Crippen MR) is 49.2 cm³/mol. The van der Waals surface area contributed by atoms with E-state index in [2.05, 4.69) is 25.8 Å². The highest BCUT2D eigenvalue weighted by Gasteiger charge is 2.14. The van der Waals surface area contributed by atoms with Crippen molar-refractivity contribution in [1.82, 2.24) is 4.98 Å². The molecule has 1 atom stereocenters. The highest BCUT2D eigenvalue weighted by molar-refractivity contribution is 5.27. The van der Waals surface area contributed by atoms with E-state index in [0.29, 0.717) is 17.6 Å². The molecule has 0 aliphatic rings. The van der Waals surface area contributed by atoms with Gasteiger partial charge in [0.25, 0.3) is 0 Å². The van der Waals surface area contributed by atoms with Gasteiger partial charge in [-0.05, 0) is 18.1 Å². The normalized spacial score (nSPS) is 13.3. The van der Waals surface area contributed by atoms with E-state index < -0.39 is 0 Å². The van der Waals surface area contributed by atoms with Crippen LogP contribution in [-0.4, -0.2) is 10.1 Å². The maximum Gasteiger partial charge on any atom is 0.137 e. The van der Waals surface area contributed by atoms with Crippen LogP contribution >= 0.6 is 0 Å². The predicted octanol–water partition coefficient (Wildman–Crippen LogP) is 2.55. The molecular formula is C10H15NO. The molecule has 0 bridgehead atoms. The Bertz CT molecular complexity index is 258. The molecule has 1 heterocycles. The maximum absolute atomic E-state index is 9.47. The number of aromatic hydroxyl groups is 1. The number of nitrogens with zero attached hydrogens (tertiary/aromatic N) is 1. The van der Waals surface area contributed by atoms with Crippen molar-refractivity contribution in [3.8, 4) is 5.75 Å². The molecule has 2 nitrogen and oxygen atoms in total. The Morgan fingerprint density at radius 2 is 2.00 bits per heavy atom. The van der Waals surface area contributed by atoms with Crippen molar-refractivity contribution >= 4 is 0 Å². The van der Waals surface area contributed by atoms with Crippen LogP contribution in [0.3, 0.4) is 0 Å². The van der Waals surface area contributed by atoms with Crippen LogP contribution in [0.25, 0.3) is 0 Å². The number of rotatable bonds is 2. The van der Waals surface area contributed by atoms with E-state index in [-0.39, 0.29) is 0 Å². The van der Waals surface area contributed by atoms with Gasteiger partial charge in [-0.25, -0.2) is 0 Å². The molecule has 0 spiro atoms. The van der Waals surface area contributed by atoms with Gasteiger partial charge in [-0.2, -0.15) is 0 Å². The topological polar surface area (TPSA) is 33.1 Å². The van der Waals surface area contributed by atoms with Crippen LogP contribution in [0.15, 0.2) is 18.3 Å². The smallest absolute Gasteiger partial charge is 0.137 e. The number of hydrogen-bond acceptors (Lipinski definition) is 2. The second kappa shape index (κ2) is 3.57. The first-order valence-electron chi connectivity index (χ1n) is 4.26. The Labute approximate surface area is 73.3 Å². The van der Waals surface area contributed by atoms with E-state index in [1.165, 1.54) is 0 Å². The Balaban J connectivity index is 2.94. The molecule has 0 fully saturated rings. The van der Waals surface area contributed by atoms with E-state index in [4.69, 9.17) is 0 Å². The molecule has 12 heavy (non-hydrogen) atoms. The summed E-state index contributed by atoms with van der Waals surface area (Å²) in [6.07, 6.45) is 1.72. The van der Waals surface area contributed by atoms with Gasteiger partial charge in [0.2, 0.25) is 0 Å². The van der Waals surface area contributed by atoms with E-state index in [9.17, 15) is 5.11 Å². The summed E-state index contributed by atoms with van der Waals surface area (Å²) in [5, 5.41) is 9.47. The lowest BCUT2D eigenvalue weighted by Crippen LogP contribution is -2.04. The first-order valence-corrected chi connectivity index (χ1v) is 4.26. The molecule has 0 saturated heterocycles. The minimum Gasteiger partial charge on any atom is -0.506 e. The average Bonchev–Trinajstić information content (AvgIpc) is 2.04. The van der Waals surface area contributed by atoms with Gasteiger partial charge in [-0.15, -0.1) is 0 Å². The molecule has 0 aliphatic heterocycles. The highest BCUT2D eigenvalue weighted by atomic mass is 16.3. The van der Waals surface area contributed by atoms with Gasteiger partial charge in [-0.3, -0.25) is 4.98 Å². The van der Waals surface area contributed by atoms with Crippen LogP contribution in [0, 0.1) is 5.92 Å². The zero-order valence-electron chi connectivity index (χ0n) is 7.78. The van der Waals surface area contributed by atoms with Crippen LogP contribution in [-0.2, 0) is 0 Å². The second-order valence-electron chi connectivity index (χ2n) is 3.44. The highest BCUT2D eigenvalue weighted by Crippen LogP contribution is 2.27. The molecule has 0 aromatic carbocycles. The summed E-state index contributed by atoms with van der Waals surface area (Å²) in [6, 6.07) is 3.42. The van der Waals surface area contributed by atoms with Crippen molar-refractivity contribution in [1.29, 1.82) is 0 Å². The molecule has 2 heteroatoms. The van der Waals surface area contributed by atoms with Gasteiger partial charge in [0.1, 0.15) is 5.75 Å². The molecule has 1 N–H and O–H groups in total. The number of pyridine rings is 1. The van der Waals surface area contributed by atoms with Crippen LogP contribution < -0.4 is 0 Å². The van der Waals surface area contributed by atoms with E-state index in [1.807, 2.05) is 0 Å². The summed E-state index contributed by atoms with van der Waals surface area (Å²) in [4.78, 5) is 4.15. The van der Waals surface area contributed by atoms with Crippen LogP contribution in [0.4, 0.5) is 0 Å². The first-order chi connectivity index (χ1) is 5.63. The molecule has 0 aliphatic carbocycles. The average molecular weight is 165 g/mol. The lowest BCUT2D eigenvalue weighted by atomic mass is 9.94. The molecule has 1 unspecified atom stereocenters. The first kappa shape index (κ1) is 9.04. The third-order valence-electron chi connectivity index (χ3n) is 2.25. The van der Waals surface area contributed by atoms with Crippen molar-refractivity contribution in [2.24, 2.45) is 5.92 Å². The van der Waals surface area contributed by atoms with Gasteiger partial charge < -0.3 is 5.11 Å². The molecule has 66 valence electrons. The maximum atomic E-state index is 9.47. The Kier molecular flexibility index (Phi) is 2.69. The molecule has 0 saturated carbocycles. The third kappa shape index (κ3) is 1.76. The fraction of sp³-hybridized carbons (Fsp3) is 0.500. The summed E-state index contributed by atoms with van der Waals surface area (Å²) in [5.74, 6) is 1.12. The van der Waals surface area contributed by atoms with Crippen molar-refractivity contribution in [2.75, 3.05) is 0 Å². The summed E-state index contributed by atoms with van der Waals surface area (Å²) in [7, 11) is 0. The standard InChI is InChI=1S/C10H15NO/c1-7(2)8(3)10-9(12)5-4-6-11-10/h4-8,12H,1-3H3. The fourth-order valence-electron chi connectivity index (χ4n) is 1.08. The number of hydrogen-bond donors (Lipinski definition) is 1. The van der Waals surface area contributed by atoms with Crippen molar-refractivity contribution in [3.63, 3.8) is 0 Å². The molecule has 1 rings (SSSR count). The van der Waals surface area contributed by atoms with E-state index in [1.54, 1.807) is 18.3 Å². The molecule has 1 aromatic rings. The third-order valence-corrected chi connectivity index (χ3v) is 2.25. The largest absolute Gasteiger partial charge is 0.506 e. The summed E-state index contributed by atoms with van der Waals surface area (Å²) in [6.45, 7) is 6.32. The van der Waals surface area contributed by atoms with Crippen LogP contribution in [0.1, 0.15) is 32.4 Å². The van der Waals surface area contributed by atoms with Crippen LogP contribution in [0.2, 0.25) is 0 Å². The summed E-state index contributed by atoms with van der Waals surface area (Å²) in [5.41, 5.74) is 0.799. The molecule has 0 amide bonds. The fourth-order valence-corrected chi connectivity index (χ4v) is 1.08. The molecule has 1 aromatic heterocycles. The second-order valence-corrected chi connectivity index (χ2v) is 3.44. The van der Waals surface area contributed by atoms with Gasteiger partial charge in [0, 0.05) is 12.1 Å². The van der Waals surface area contributed by atoms with Gasteiger partial charge in [0.15, 0.2) is 0 Å². The van der Waals surface area contributed by atoms with E-state index in [0.717, 1.165) is 5.69 Å². The van der Waals surface area contributed by atoms with Crippen LogP contribution in [0.5, 0.6) is 5.75 Å². The van der Waals surface area contributed by atoms with Gasteiger partial charge in [0.05, 0.1) is 5.69 Å². The Morgan fingerprint density at radius 1 is 1.33 bits per heavy atom. The zero-order valence-corrected chi connectivity index (χ0v) is 7.78. The van der Waals surface area contributed by atoms with Crippen molar-refractivity contribution < 1.29 is 5.11 Å². The minimum absolute atomic E-state index is 0.304. The summed E-state index contributed by atoms with van der Waals surface area (Å²) < 4.78 is 0. The summed E-state index contributed by atoms with van der Waals surface area (Å²) >= 11 is 0. The molecular weight excluding hydrogens is 150 g/mol. The monoisotopic (exact) mass is 165 g/mol. The quantitative estimate of drug-likeness (QED) is 0.730. The lowest BCUT2D eigenvalue weighted by Gasteiger charge is -2.15. The Hall–Kier alpha value is -1.05.